The predicted octanol–water partition coefficient (Wildman–Crippen LogP) is 10.5. The van der Waals surface area contributed by atoms with Crippen molar-refractivity contribution in [2.75, 3.05) is 19.8 Å². The molecule has 0 aromatic rings. The first-order valence-corrected chi connectivity index (χ1v) is 22.2. The van der Waals surface area contributed by atoms with Crippen LogP contribution in [-0.2, 0) is 37.5 Å². The molecule has 0 aromatic heterocycles. The van der Waals surface area contributed by atoms with Crippen molar-refractivity contribution in [1.82, 2.24) is 0 Å². The number of ether oxygens (including phenoxy) is 2. The molecule has 0 aliphatic carbocycles. The molecule has 11 nitrogen and oxygen atoms in total. The van der Waals surface area contributed by atoms with Crippen LogP contribution >= 0.6 is 7.82 Å². The summed E-state index contributed by atoms with van der Waals surface area (Å²) in [4.78, 5) is 45.8. The number of rotatable bonds is 39. The van der Waals surface area contributed by atoms with Crippen LogP contribution in [0.2, 0.25) is 0 Å². The second-order valence-electron chi connectivity index (χ2n) is 14.1. The normalized spacial score (nSPS) is 13.9. The van der Waals surface area contributed by atoms with Gasteiger partial charge in [0.25, 0.3) is 0 Å². The number of phosphoric acid groups is 1. The van der Waals surface area contributed by atoms with Crippen molar-refractivity contribution in [1.29, 1.82) is 0 Å². The van der Waals surface area contributed by atoms with E-state index < -0.39 is 51.1 Å². The summed E-state index contributed by atoms with van der Waals surface area (Å²) in [5, 5.41) is 8.87. The molecule has 0 aromatic carbocycles. The lowest BCUT2D eigenvalue weighted by molar-refractivity contribution is -0.161. The zero-order chi connectivity index (χ0) is 38.5. The third kappa shape index (κ3) is 35.3. The highest BCUT2D eigenvalue weighted by Crippen LogP contribution is 2.43. The summed E-state index contributed by atoms with van der Waals surface area (Å²) in [6.45, 7) is 2.79. The number of allylic oxidation sites excluding steroid dienone is 2. The van der Waals surface area contributed by atoms with Gasteiger partial charge in [-0.1, -0.05) is 154 Å². The molecule has 0 spiro atoms. The molecule has 12 heteroatoms. The van der Waals surface area contributed by atoms with Gasteiger partial charge in [-0.05, 0) is 38.5 Å². The first kappa shape index (κ1) is 50.2. The van der Waals surface area contributed by atoms with Gasteiger partial charge in [-0.3, -0.25) is 23.4 Å². The Morgan fingerprint density at radius 3 is 1.40 bits per heavy atom. The summed E-state index contributed by atoms with van der Waals surface area (Å²) in [6, 6.07) is -1.52. The zero-order valence-corrected chi connectivity index (χ0v) is 33.8. The smallest absolute Gasteiger partial charge is 0.472 e. The maximum atomic E-state index is 12.6. The fourth-order valence-electron chi connectivity index (χ4n) is 5.71. The van der Waals surface area contributed by atoms with Gasteiger partial charge in [-0.15, -0.1) is 0 Å². The number of phosphoric ester groups is 1. The van der Waals surface area contributed by atoms with Crippen molar-refractivity contribution in [3.05, 3.63) is 12.2 Å². The number of carbonyl (C=O) groups excluding carboxylic acids is 2. The Balaban J connectivity index is 4.39. The highest BCUT2D eigenvalue weighted by Gasteiger charge is 2.28. The Bertz CT molecular complexity index is 947. The summed E-state index contributed by atoms with van der Waals surface area (Å²) < 4.78 is 32.6. The van der Waals surface area contributed by atoms with Crippen LogP contribution in [0.1, 0.15) is 194 Å². The lowest BCUT2D eigenvalue weighted by Crippen LogP contribution is -2.34. The minimum Gasteiger partial charge on any atom is -0.480 e. The minimum atomic E-state index is -4.71. The number of aliphatic carboxylic acids is 1. The number of carbonyl (C=O) groups is 3. The second kappa shape index (κ2) is 36.2. The molecule has 1 unspecified atom stereocenters. The van der Waals surface area contributed by atoms with E-state index in [2.05, 4.69) is 30.5 Å². The topological polar surface area (TPSA) is 172 Å². The van der Waals surface area contributed by atoms with Gasteiger partial charge in [0.15, 0.2) is 6.10 Å². The Morgan fingerprint density at radius 1 is 0.577 bits per heavy atom. The molecule has 0 aliphatic heterocycles. The van der Waals surface area contributed by atoms with Crippen molar-refractivity contribution in [3.63, 3.8) is 0 Å². The summed E-state index contributed by atoms with van der Waals surface area (Å²) in [5.74, 6) is -2.38. The van der Waals surface area contributed by atoms with Gasteiger partial charge >= 0.3 is 25.7 Å². The highest BCUT2D eigenvalue weighted by molar-refractivity contribution is 7.47. The molecular formula is C40H76NO10P. The molecule has 4 N–H and O–H groups in total. The van der Waals surface area contributed by atoms with Gasteiger partial charge in [-0.25, -0.2) is 4.57 Å². The van der Waals surface area contributed by atoms with Crippen molar-refractivity contribution in [2.45, 2.75) is 206 Å². The van der Waals surface area contributed by atoms with Crippen LogP contribution in [-0.4, -0.2) is 59.9 Å². The van der Waals surface area contributed by atoms with Crippen LogP contribution < -0.4 is 5.73 Å². The van der Waals surface area contributed by atoms with Crippen molar-refractivity contribution < 1.29 is 47.5 Å². The molecule has 0 radical (unpaired) electrons. The molecule has 306 valence electrons. The average molecular weight is 762 g/mol. The minimum absolute atomic E-state index is 0.155. The van der Waals surface area contributed by atoms with Gasteiger partial charge in [-0.2, -0.15) is 0 Å². The van der Waals surface area contributed by atoms with E-state index in [1.807, 2.05) is 0 Å². The van der Waals surface area contributed by atoms with Gasteiger partial charge in [0.05, 0.1) is 13.2 Å². The number of carboxylic acid groups (broad SMARTS) is 1. The molecule has 3 atom stereocenters. The monoisotopic (exact) mass is 762 g/mol. The summed E-state index contributed by atoms with van der Waals surface area (Å²) in [6.07, 6.45) is 34.2. The summed E-state index contributed by atoms with van der Waals surface area (Å²) >= 11 is 0. The molecule has 0 fully saturated rings. The lowest BCUT2D eigenvalue weighted by atomic mass is 10.0. The van der Waals surface area contributed by atoms with Crippen molar-refractivity contribution >= 4 is 25.7 Å². The van der Waals surface area contributed by atoms with Crippen LogP contribution in [0.4, 0.5) is 0 Å². The Labute approximate surface area is 316 Å². The van der Waals surface area contributed by atoms with Gasteiger partial charge in [0.1, 0.15) is 12.6 Å². The van der Waals surface area contributed by atoms with Crippen LogP contribution in [0.15, 0.2) is 12.2 Å². The third-order valence-electron chi connectivity index (χ3n) is 9.01. The molecule has 0 saturated heterocycles. The van der Waals surface area contributed by atoms with E-state index in [1.165, 1.54) is 96.3 Å². The fourth-order valence-corrected chi connectivity index (χ4v) is 6.48. The van der Waals surface area contributed by atoms with Gasteiger partial charge < -0.3 is 25.2 Å². The quantitative estimate of drug-likeness (QED) is 0.0235. The third-order valence-corrected chi connectivity index (χ3v) is 9.96. The average Bonchev–Trinajstić information content (AvgIpc) is 3.12. The lowest BCUT2D eigenvalue weighted by Gasteiger charge is -2.20. The van der Waals surface area contributed by atoms with E-state index >= 15 is 0 Å². The van der Waals surface area contributed by atoms with E-state index in [4.69, 9.17) is 24.8 Å². The first-order chi connectivity index (χ1) is 25.1. The van der Waals surface area contributed by atoms with Gasteiger partial charge in [0.2, 0.25) is 0 Å². The molecule has 52 heavy (non-hydrogen) atoms. The Kier molecular flexibility index (Phi) is 35.0. The molecule has 0 amide bonds. The number of esters is 2. The maximum absolute atomic E-state index is 12.6. The fraction of sp³-hybridized carbons (Fsp3) is 0.875. The standard InChI is InChI=1S/C40H76NO10P/c1-3-5-7-9-11-13-15-17-18-20-22-24-26-28-30-32-39(43)51-36(34-49-52(46,47)50-35-37(41)40(44)45)33-48-38(42)31-29-27-25-23-21-19-16-14-12-10-8-6-4-2/h17-18,36-37H,3-16,19-35,41H2,1-2H3,(H,44,45)(H,46,47)/t36-,37+/m1/s1. The largest absolute Gasteiger partial charge is 0.480 e. The van der Waals surface area contributed by atoms with Crippen molar-refractivity contribution in [2.24, 2.45) is 5.73 Å². The molecule has 0 aliphatic rings. The van der Waals surface area contributed by atoms with Crippen molar-refractivity contribution in [3.8, 4) is 0 Å². The highest BCUT2D eigenvalue weighted by atomic mass is 31.2. The van der Waals surface area contributed by atoms with E-state index in [-0.39, 0.29) is 19.4 Å². The Morgan fingerprint density at radius 2 is 0.962 bits per heavy atom. The number of nitrogens with two attached hydrogens (primary N) is 1. The van der Waals surface area contributed by atoms with Crippen LogP contribution in [0.3, 0.4) is 0 Å². The van der Waals surface area contributed by atoms with E-state index in [0.29, 0.717) is 12.8 Å². The molecular weight excluding hydrogens is 685 g/mol. The van der Waals surface area contributed by atoms with Gasteiger partial charge in [0, 0.05) is 12.8 Å². The molecule has 0 bridgehead atoms. The second-order valence-corrected chi connectivity index (χ2v) is 15.6. The number of hydrogen-bond acceptors (Lipinski definition) is 9. The maximum Gasteiger partial charge on any atom is 0.472 e. The summed E-state index contributed by atoms with van der Waals surface area (Å²) in [5.41, 5.74) is 5.32. The van der Waals surface area contributed by atoms with E-state index in [9.17, 15) is 23.8 Å². The number of unbranched alkanes of at least 4 members (excludes halogenated alkanes) is 23. The first-order valence-electron chi connectivity index (χ1n) is 20.7. The van der Waals surface area contributed by atoms with Crippen LogP contribution in [0.5, 0.6) is 0 Å². The summed E-state index contributed by atoms with van der Waals surface area (Å²) in [7, 11) is -4.71. The molecule has 0 heterocycles. The number of carboxylic acids is 1. The van der Waals surface area contributed by atoms with E-state index in [0.717, 1.165) is 57.8 Å². The van der Waals surface area contributed by atoms with Crippen LogP contribution in [0, 0.1) is 0 Å². The van der Waals surface area contributed by atoms with Crippen LogP contribution in [0.25, 0.3) is 0 Å². The molecule has 0 saturated carbocycles. The zero-order valence-electron chi connectivity index (χ0n) is 32.9. The Hall–Kier alpha value is -1.78. The number of hydrogen-bond donors (Lipinski definition) is 3. The SMILES string of the molecule is CCCCCCCCC=CCCCCCCCC(=O)O[C@H](COC(=O)CCCCCCCCCCCCCCC)COP(=O)(O)OC[C@H](N)C(=O)O. The molecule has 0 rings (SSSR count). The van der Waals surface area contributed by atoms with E-state index in [1.54, 1.807) is 0 Å². The predicted molar refractivity (Wildman–Crippen MR) is 208 cm³/mol.